The van der Waals surface area contributed by atoms with Gasteiger partial charge in [0.1, 0.15) is 0 Å². The molecule has 3 N–H and O–H groups in total. The van der Waals surface area contributed by atoms with Crippen molar-refractivity contribution in [2.45, 2.75) is 12.8 Å². The second-order valence-electron chi connectivity index (χ2n) is 4.35. The number of benzene rings is 1. The molecule has 1 aromatic carbocycles. The molecule has 16 heavy (non-hydrogen) atoms. The van der Waals surface area contributed by atoms with Gasteiger partial charge >= 0.3 is 0 Å². The first-order chi connectivity index (χ1) is 7.70. The van der Waals surface area contributed by atoms with Crippen LogP contribution in [-0.4, -0.2) is 24.8 Å². The molecule has 0 bridgehead atoms. The second kappa shape index (κ2) is 5.06. The van der Waals surface area contributed by atoms with E-state index < -0.39 is 0 Å². The first-order valence-corrected chi connectivity index (χ1v) is 6.41. The highest BCUT2D eigenvalue weighted by Gasteiger charge is 2.20. The normalized spacial score (nSPS) is 21.1. The highest BCUT2D eigenvalue weighted by Crippen LogP contribution is 2.31. The fourth-order valence-electron chi connectivity index (χ4n) is 2.21. The summed E-state index contributed by atoms with van der Waals surface area (Å²) in [6.45, 7) is 2.27. The Hall–Kier alpha value is -0.740. The third kappa shape index (κ3) is 2.50. The number of nitrogen functional groups attached to an aromatic ring is 1. The Morgan fingerprint density at radius 1 is 1.50 bits per heavy atom. The largest absolute Gasteiger partial charge is 0.399 e. The number of anilines is 2. The van der Waals surface area contributed by atoms with Crippen molar-refractivity contribution < 1.29 is 5.11 Å². The Labute approximate surface area is 104 Å². The topological polar surface area (TPSA) is 49.5 Å². The number of halogens is 1. The van der Waals surface area contributed by atoms with E-state index in [0.29, 0.717) is 5.92 Å². The first-order valence-electron chi connectivity index (χ1n) is 5.61. The molecule has 0 spiro atoms. The van der Waals surface area contributed by atoms with Crippen molar-refractivity contribution in [2.24, 2.45) is 5.92 Å². The summed E-state index contributed by atoms with van der Waals surface area (Å²) in [5, 5.41) is 9.21. The Morgan fingerprint density at radius 2 is 2.31 bits per heavy atom. The number of hydrogen-bond acceptors (Lipinski definition) is 3. The summed E-state index contributed by atoms with van der Waals surface area (Å²) in [4.78, 5) is 2.31. The van der Waals surface area contributed by atoms with Crippen molar-refractivity contribution in [3.8, 4) is 0 Å². The molecular formula is C12H17BrN2O. The van der Waals surface area contributed by atoms with Gasteiger partial charge in [0.05, 0.1) is 5.69 Å². The van der Waals surface area contributed by atoms with Crippen molar-refractivity contribution in [2.75, 3.05) is 30.3 Å². The average Bonchev–Trinajstić information content (AvgIpc) is 2.29. The molecule has 1 aromatic rings. The summed E-state index contributed by atoms with van der Waals surface area (Å²) in [6.07, 6.45) is 2.27. The van der Waals surface area contributed by atoms with Crippen LogP contribution in [0, 0.1) is 5.92 Å². The van der Waals surface area contributed by atoms with Crippen LogP contribution >= 0.6 is 15.9 Å². The van der Waals surface area contributed by atoms with Gasteiger partial charge in [0, 0.05) is 29.9 Å². The predicted octanol–water partition coefficient (Wildman–Crippen LogP) is 2.24. The number of nitrogens with two attached hydrogens (primary N) is 1. The number of nitrogens with zero attached hydrogens (tertiary/aromatic N) is 1. The first kappa shape index (κ1) is 11.7. The highest BCUT2D eigenvalue weighted by atomic mass is 79.9. The number of aliphatic hydroxyl groups is 1. The fourth-order valence-corrected chi connectivity index (χ4v) is 2.86. The van der Waals surface area contributed by atoms with Gasteiger partial charge in [-0.25, -0.2) is 0 Å². The lowest BCUT2D eigenvalue weighted by Gasteiger charge is -2.34. The molecule has 1 unspecified atom stereocenters. The molecule has 0 aromatic heterocycles. The van der Waals surface area contributed by atoms with Crippen LogP contribution in [0.25, 0.3) is 0 Å². The fraction of sp³-hybridized carbons (Fsp3) is 0.500. The summed E-state index contributed by atoms with van der Waals surface area (Å²) in [6, 6.07) is 5.89. The SMILES string of the molecule is Nc1ccc(N2CCCC(CO)C2)c(Br)c1. The molecule has 1 atom stereocenters. The van der Waals surface area contributed by atoms with Crippen LogP contribution in [-0.2, 0) is 0 Å². The summed E-state index contributed by atoms with van der Waals surface area (Å²) in [5.41, 5.74) is 7.67. The Morgan fingerprint density at radius 3 is 3.00 bits per heavy atom. The van der Waals surface area contributed by atoms with E-state index in [4.69, 9.17) is 5.73 Å². The molecule has 3 nitrogen and oxygen atoms in total. The molecule has 0 aliphatic carbocycles. The van der Waals surface area contributed by atoms with Crippen LogP contribution < -0.4 is 10.6 Å². The van der Waals surface area contributed by atoms with Crippen LogP contribution in [0.4, 0.5) is 11.4 Å². The zero-order valence-corrected chi connectivity index (χ0v) is 10.8. The van der Waals surface area contributed by atoms with E-state index in [1.807, 2.05) is 18.2 Å². The Kier molecular flexibility index (Phi) is 3.71. The van der Waals surface area contributed by atoms with Gasteiger partial charge in [-0.05, 0) is 52.9 Å². The number of hydrogen-bond donors (Lipinski definition) is 2. The van der Waals surface area contributed by atoms with Crippen molar-refractivity contribution in [1.82, 2.24) is 0 Å². The number of rotatable bonds is 2. The van der Waals surface area contributed by atoms with Gasteiger partial charge in [-0.15, -0.1) is 0 Å². The molecule has 1 heterocycles. The molecule has 2 rings (SSSR count). The smallest absolute Gasteiger partial charge is 0.0512 e. The van der Waals surface area contributed by atoms with Crippen molar-refractivity contribution in [3.05, 3.63) is 22.7 Å². The van der Waals surface area contributed by atoms with Gasteiger partial charge in [-0.3, -0.25) is 0 Å². The van der Waals surface area contributed by atoms with E-state index in [1.165, 1.54) is 5.69 Å². The lowest BCUT2D eigenvalue weighted by molar-refractivity contribution is 0.208. The van der Waals surface area contributed by atoms with E-state index in [9.17, 15) is 5.11 Å². The lowest BCUT2D eigenvalue weighted by atomic mass is 9.98. The molecule has 1 saturated heterocycles. The average molecular weight is 285 g/mol. The summed E-state index contributed by atoms with van der Waals surface area (Å²) in [5.74, 6) is 0.401. The van der Waals surface area contributed by atoms with Gasteiger partial charge in [-0.1, -0.05) is 0 Å². The molecule has 0 saturated carbocycles. The van der Waals surface area contributed by atoms with Gasteiger partial charge in [0.2, 0.25) is 0 Å². The highest BCUT2D eigenvalue weighted by molar-refractivity contribution is 9.10. The minimum atomic E-state index is 0.281. The second-order valence-corrected chi connectivity index (χ2v) is 5.20. The van der Waals surface area contributed by atoms with E-state index in [-0.39, 0.29) is 6.61 Å². The van der Waals surface area contributed by atoms with Crippen molar-refractivity contribution >= 4 is 27.3 Å². The zero-order chi connectivity index (χ0) is 11.5. The van der Waals surface area contributed by atoms with Gasteiger partial charge in [-0.2, -0.15) is 0 Å². The maximum absolute atomic E-state index is 9.21. The summed E-state index contributed by atoms with van der Waals surface area (Å²) >= 11 is 3.54. The van der Waals surface area contributed by atoms with Crippen molar-refractivity contribution in [1.29, 1.82) is 0 Å². The maximum atomic E-state index is 9.21. The maximum Gasteiger partial charge on any atom is 0.0512 e. The Bertz CT molecular complexity index is 370. The zero-order valence-electron chi connectivity index (χ0n) is 9.19. The van der Waals surface area contributed by atoms with Crippen LogP contribution in [0.2, 0.25) is 0 Å². The monoisotopic (exact) mass is 284 g/mol. The van der Waals surface area contributed by atoms with Crippen molar-refractivity contribution in [3.63, 3.8) is 0 Å². The third-order valence-electron chi connectivity index (χ3n) is 3.09. The lowest BCUT2D eigenvalue weighted by Crippen LogP contribution is -2.36. The van der Waals surface area contributed by atoms with Crippen LogP contribution in [0.1, 0.15) is 12.8 Å². The summed E-state index contributed by atoms with van der Waals surface area (Å²) in [7, 11) is 0. The molecule has 88 valence electrons. The van der Waals surface area contributed by atoms with E-state index >= 15 is 0 Å². The quantitative estimate of drug-likeness (QED) is 0.819. The van der Waals surface area contributed by atoms with E-state index in [1.54, 1.807) is 0 Å². The predicted molar refractivity (Wildman–Crippen MR) is 70.6 cm³/mol. The molecule has 1 aliphatic rings. The molecular weight excluding hydrogens is 268 g/mol. The van der Waals surface area contributed by atoms with Crippen LogP contribution in [0.15, 0.2) is 22.7 Å². The van der Waals surface area contributed by atoms with Gasteiger partial charge in [0.15, 0.2) is 0 Å². The van der Waals surface area contributed by atoms with Gasteiger partial charge in [0.25, 0.3) is 0 Å². The van der Waals surface area contributed by atoms with Crippen LogP contribution in [0.3, 0.4) is 0 Å². The molecule has 0 radical (unpaired) electrons. The molecule has 1 aliphatic heterocycles. The number of piperidine rings is 1. The third-order valence-corrected chi connectivity index (χ3v) is 3.72. The standard InChI is InChI=1S/C12H17BrN2O/c13-11-6-10(14)3-4-12(11)15-5-1-2-9(7-15)8-16/h3-4,6,9,16H,1-2,5,7-8,14H2. The minimum absolute atomic E-state index is 0.281. The molecule has 4 heteroatoms. The van der Waals surface area contributed by atoms with E-state index in [2.05, 4.69) is 20.8 Å². The number of aliphatic hydroxyl groups excluding tert-OH is 1. The van der Waals surface area contributed by atoms with Crippen LogP contribution in [0.5, 0.6) is 0 Å². The van der Waals surface area contributed by atoms with Gasteiger partial charge < -0.3 is 15.7 Å². The molecule has 0 amide bonds. The molecule has 1 fully saturated rings. The van der Waals surface area contributed by atoms with E-state index in [0.717, 1.165) is 36.1 Å². The Balaban J connectivity index is 2.16. The minimum Gasteiger partial charge on any atom is -0.399 e. The summed E-state index contributed by atoms with van der Waals surface area (Å²) < 4.78 is 1.03.